The smallest absolute Gasteiger partial charge is 0.267 e. The van der Waals surface area contributed by atoms with Gasteiger partial charge >= 0.3 is 0 Å². The molecule has 0 atom stereocenters. The number of hydrazine groups is 1. The highest BCUT2D eigenvalue weighted by Gasteiger charge is 2.18. The molecule has 0 saturated carbocycles. The van der Waals surface area contributed by atoms with Crippen LogP contribution in [0.15, 0.2) is 29.1 Å². The van der Waals surface area contributed by atoms with Crippen LogP contribution in [0.5, 0.6) is 0 Å². The maximum Gasteiger partial charge on any atom is 0.290 e. The van der Waals surface area contributed by atoms with Gasteiger partial charge in [0.25, 0.3) is 17.4 Å². The van der Waals surface area contributed by atoms with Gasteiger partial charge in [0.1, 0.15) is 4.88 Å². The highest BCUT2D eigenvalue weighted by molar-refractivity contribution is 7.13. The Labute approximate surface area is 159 Å². The average Bonchev–Trinajstić information content (AvgIpc) is 3.05. The van der Waals surface area contributed by atoms with Crippen molar-refractivity contribution in [2.24, 2.45) is 0 Å². The van der Waals surface area contributed by atoms with Gasteiger partial charge in [0.15, 0.2) is 5.69 Å². The number of hydrogen-bond donors (Lipinski definition) is 3. The lowest BCUT2D eigenvalue weighted by atomic mass is 10.1. The predicted octanol–water partition coefficient (Wildman–Crippen LogP) is 2.11. The third-order valence-electron chi connectivity index (χ3n) is 3.99. The van der Waals surface area contributed by atoms with E-state index in [0.717, 1.165) is 24.3 Å². The van der Waals surface area contributed by atoms with Gasteiger partial charge in [-0.05, 0) is 25.8 Å². The van der Waals surface area contributed by atoms with E-state index in [1.54, 1.807) is 31.2 Å². The topological polar surface area (TPSA) is 117 Å². The van der Waals surface area contributed by atoms with Crippen molar-refractivity contribution < 1.29 is 9.59 Å². The number of aryl methyl sites for hydroxylation is 2. The second-order valence-corrected chi connectivity index (χ2v) is 7.06. The van der Waals surface area contributed by atoms with Crippen molar-refractivity contribution >= 4 is 33.9 Å². The number of aromatic nitrogens is 3. The number of unbranched alkanes of at least 4 members (excludes halogenated alkanes) is 1. The number of carbonyl (C=O) groups is 2. The number of hydrogen-bond acceptors (Lipinski definition) is 6. The molecule has 0 fully saturated rings. The van der Waals surface area contributed by atoms with Gasteiger partial charge in [0, 0.05) is 5.39 Å². The van der Waals surface area contributed by atoms with E-state index in [2.05, 4.69) is 33.0 Å². The Bertz CT molecular complexity index is 1060. The number of thiazole rings is 1. The summed E-state index contributed by atoms with van der Waals surface area (Å²) in [5, 5.41) is 7.75. The van der Waals surface area contributed by atoms with Crippen molar-refractivity contribution in [3.8, 4) is 0 Å². The molecule has 0 saturated heterocycles. The Morgan fingerprint density at radius 1 is 1.15 bits per heavy atom. The second kappa shape index (κ2) is 8.09. The molecule has 9 heteroatoms. The molecule has 0 bridgehead atoms. The number of benzene rings is 1. The summed E-state index contributed by atoms with van der Waals surface area (Å²) in [4.78, 5) is 41.4. The summed E-state index contributed by atoms with van der Waals surface area (Å²) < 4.78 is 0. The molecule has 2 heterocycles. The third-order valence-corrected chi connectivity index (χ3v) is 5.21. The van der Waals surface area contributed by atoms with E-state index in [4.69, 9.17) is 0 Å². The van der Waals surface area contributed by atoms with Gasteiger partial charge in [-0.2, -0.15) is 5.10 Å². The molecule has 0 aliphatic rings. The fourth-order valence-electron chi connectivity index (χ4n) is 2.62. The lowest BCUT2D eigenvalue weighted by Gasteiger charge is -2.07. The van der Waals surface area contributed by atoms with Crippen molar-refractivity contribution in [3.05, 3.63) is 55.9 Å². The molecule has 3 aromatic rings. The van der Waals surface area contributed by atoms with E-state index in [0.29, 0.717) is 21.3 Å². The normalized spacial score (nSPS) is 10.7. The zero-order valence-electron chi connectivity index (χ0n) is 15.0. The lowest BCUT2D eigenvalue weighted by molar-refractivity contribution is 0.0846. The Morgan fingerprint density at radius 3 is 2.59 bits per heavy atom. The maximum absolute atomic E-state index is 12.4. The SMILES string of the molecule is CCCCc1nc(C)c(C(=O)NNC(=O)c2n[nH]c(=O)c3ccccc23)s1. The van der Waals surface area contributed by atoms with Crippen LogP contribution in [0, 0.1) is 6.92 Å². The molecular weight excluding hydrogens is 366 g/mol. The van der Waals surface area contributed by atoms with Gasteiger partial charge in [-0.1, -0.05) is 31.5 Å². The van der Waals surface area contributed by atoms with Crippen LogP contribution >= 0.6 is 11.3 Å². The zero-order chi connectivity index (χ0) is 19.4. The molecule has 0 aliphatic heterocycles. The first-order valence-electron chi connectivity index (χ1n) is 8.55. The fraction of sp³-hybridized carbons (Fsp3) is 0.278. The Hall–Kier alpha value is -3.07. The summed E-state index contributed by atoms with van der Waals surface area (Å²) in [6.45, 7) is 3.86. The second-order valence-electron chi connectivity index (χ2n) is 5.98. The van der Waals surface area contributed by atoms with E-state index in [9.17, 15) is 14.4 Å². The van der Waals surface area contributed by atoms with Crippen LogP contribution in [0.3, 0.4) is 0 Å². The molecule has 0 spiro atoms. The molecular formula is C18H19N5O3S. The van der Waals surface area contributed by atoms with E-state index in [1.807, 2.05) is 0 Å². The minimum atomic E-state index is -0.621. The highest BCUT2D eigenvalue weighted by Crippen LogP contribution is 2.19. The summed E-state index contributed by atoms with van der Waals surface area (Å²) in [7, 11) is 0. The number of carbonyl (C=O) groups excluding carboxylic acids is 2. The van der Waals surface area contributed by atoms with E-state index < -0.39 is 11.8 Å². The van der Waals surface area contributed by atoms with Gasteiger partial charge in [0.05, 0.1) is 16.1 Å². The number of H-pyrrole nitrogens is 1. The molecule has 8 nitrogen and oxygen atoms in total. The van der Waals surface area contributed by atoms with Crippen LogP contribution in [-0.2, 0) is 6.42 Å². The summed E-state index contributed by atoms with van der Waals surface area (Å²) in [5.74, 6) is -1.06. The molecule has 140 valence electrons. The third kappa shape index (κ3) is 4.03. The number of amides is 2. The average molecular weight is 385 g/mol. The summed E-state index contributed by atoms with van der Waals surface area (Å²) in [6, 6.07) is 6.63. The van der Waals surface area contributed by atoms with Gasteiger partial charge < -0.3 is 0 Å². The Balaban J connectivity index is 1.73. The summed E-state index contributed by atoms with van der Waals surface area (Å²) in [5.41, 5.74) is 5.00. The standard InChI is InChI=1S/C18H19N5O3S/c1-3-4-9-13-19-10(2)15(27-13)18(26)23-22-17(25)14-11-7-5-6-8-12(11)16(24)21-20-14/h5-8H,3-4,9H2,1-2H3,(H,21,24)(H,22,25)(H,23,26). The van der Waals surface area contributed by atoms with Crippen LogP contribution < -0.4 is 16.4 Å². The van der Waals surface area contributed by atoms with E-state index in [1.165, 1.54) is 11.3 Å². The van der Waals surface area contributed by atoms with Gasteiger partial charge in [-0.3, -0.25) is 25.2 Å². The summed E-state index contributed by atoms with van der Waals surface area (Å²) >= 11 is 1.32. The highest BCUT2D eigenvalue weighted by atomic mass is 32.1. The Kier molecular flexibility index (Phi) is 5.60. The van der Waals surface area contributed by atoms with E-state index >= 15 is 0 Å². The minimum Gasteiger partial charge on any atom is -0.267 e. The molecule has 3 N–H and O–H groups in total. The zero-order valence-corrected chi connectivity index (χ0v) is 15.8. The van der Waals surface area contributed by atoms with Crippen molar-refractivity contribution in [1.29, 1.82) is 0 Å². The van der Waals surface area contributed by atoms with Gasteiger partial charge in [0.2, 0.25) is 0 Å². The molecule has 0 unspecified atom stereocenters. The van der Waals surface area contributed by atoms with Crippen molar-refractivity contribution in [3.63, 3.8) is 0 Å². The maximum atomic E-state index is 12.4. The van der Waals surface area contributed by atoms with Crippen molar-refractivity contribution in [2.75, 3.05) is 0 Å². The first-order valence-corrected chi connectivity index (χ1v) is 9.37. The van der Waals surface area contributed by atoms with Crippen LogP contribution in [0.25, 0.3) is 10.8 Å². The first kappa shape index (κ1) is 18.7. The molecule has 27 heavy (non-hydrogen) atoms. The van der Waals surface area contributed by atoms with Gasteiger partial charge in [-0.25, -0.2) is 10.1 Å². The molecule has 2 aromatic heterocycles. The van der Waals surface area contributed by atoms with Crippen LogP contribution in [0.2, 0.25) is 0 Å². The molecule has 0 radical (unpaired) electrons. The Morgan fingerprint density at radius 2 is 1.85 bits per heavy atom. The number of nitrogens with one attached hydrogen (secondary N) is 3. The fourth-order valence-corrected chi connectivity index (χ4v) is 3.62. The van der Waals surface area contributed by atoms with Crippen molar-refractivity contribution in [2.45, 2.75) is 33.1 Å². The molecule has 2 amide bonds. The lowest BCUT2D eigenvalue weighted by Crippen LogP contribution is -2.42. The number of rotatable bonds is 5. The molecule has 3 rings (SSSR count). The molecule has 0 aliphatic carbocycles. The quantitative estimate of drug-likeness (QED) is 0.582. The number of nitrogens with zero attached hydrogens (tertiary/aromatic N) is 2. The first-order chi connectivity index (χ1) is 13.0. The largest absolute Gasteiger partial charge is 0.290 e. The van der Waals surface area contributed by atoms with Gasteiger partial charge in [-0.15, -0.1) is 11.3 Å². The number of aromatic amines is 1. The van der Waals surface area contributed by atoms with Crippen LogP contribution in [0.1, 0.15) is 50.6 Å². The van der Waals surface area contributed by atoms with Crippen molar-refractivity contribution in [1.82, 2.24) is 26.0 Å². The molecule has 1 aromatic carbocycles. The predicted molar refractivity (Wildman–Crippen MR) is 103 cm³/mol. The number of fused-ring (bicyclic) bond motifs is 1. The monoisotopic (exact) mass is 385 g/mol. The minimum absolute atomic E-state index is 0.0233. The van der Waals surface area contributed by atoms with Crippen LogP contribution in [-0.4, -0.2) is 27.0 Å². The summed E-state index contributed by atoms with van der Waals surface area (Å²) in [6.07, 6.45) is 2.89. The van der Waals surface area contributed by atoms with Crippen LogP contribution in [0.4, 0.5) is 0 Å². The van der Waals surface area contributed by atoms with E-state index in [-0.39, 0.29) is 11.3 Å².